The number of amides is 1. The van der Waals surface area contributed by atoms with Crippen LogP contribution in [0.4, 0.5) is 5.69 Å². The molecule has 0 N–H and O–H groups in total. The second kappa shape index (κ2) is 12.2. The Bertz CT molecular complexity index is 1330. The van der Waals surface area contributed by atoms with Crippen LogP contribution in [-0.2, 0) is 32.6 Å². The molecule has 1 amide bonds. The molecule has 38 heavy (non-hydrogen) atoms. The van der Waals surface area contributed by atoms with Gasteiger partial charge in [0, 0.05) is 52.2 Å². The topological polar surface area (TPSA) is 99.6 Å². The summed E-state index contributed by atoms with van der Waals surface area (Å²) < 4.78 is 32.6. The van der Waals surface area contributed by atoms with Gasteiger partial charge in [-0.2, -0.15) is 4.31 Å². The molecule has 9 nitrogen and oxygen atoms in total. The van der Waals surface area contributed by atoms with Crippen LogP contribution in [0.15, 0.2) is 40.2 Å². The quantitative estimate of drug-likeness (QED) is 0.409. The smallest absolute Gasteiger partial charge is 0.243 e. The average molecular weight is 543 g/mol. The molecule has 0 unspecified atom stereocenters. The maximum absolute atomic E-state index is 13.2. The standard InChI is InChI=1S/C28H38N4O5S/c1-19-12-25(37-7)13-20(2)28(19)38(35,36)32(6)18-24(33)9-11-27(34)31(5)16-21-8-10-26-22(14-21)15-23(29-26)17-30(3)4/h8,10,12-14H,9,11,15-18H2,1-7H3. The van der Waals surface area contributed by atoms with Crippen LogP contribution in [0.1, 0.15) is 35.1 Å². The van der Waals surface area contributed by atoms with Gasteiger partial charge in [-0.1, -0.05) is 12.1 Å². The number of methoxy groups -OCH3 is 1. The van der Waals surface area contributed by atoms with E-state index < -0.39 is 10.0 Å². The summed E-state index contributed by atoms with van der Waals surface area (Å²) in [6.45, 7) is 4.33. The van der Waals surface area contributed by atoms with Crippen molar-refractivity contribution >= 4 is 33.1 Å². The summed E-state index contributed by atoms with van der Waals surface area (Å²) in [5.74, 6) is 0.0862. The van der Waals surface area contributed by atoms with Gasteiger partial charge in [-0.05, 0) is 68.4 Å². The van der Waals surface area contributed by atoms with Crippen molar-refractivity contribution in [3.05, 3.63) is 52.6 Å². The molecule has 1 heterocycles. The molecule has 1 aliphatic heterocycles. The number of ketones is 1. The SMILES string of the molecule is COc1cc(C)c(S(=O)(=O)N(C)CC(=O)CCC(=O)N(C)Cc2ccc3c(c2)CC(CN(C)C)=N3)c(C)c1. The fourth-order valence-corrected chi connectivity index (χ4v) is 6.23. The van der Waals surface area contributed by atoms with Crippen molar-refractivity contribution < 1.29 is 22.7 Å². The molecular weight excluding hydrogens is 504 g/mol. The van der Waals surface area contributed by atoms with E-state index >= 15 is 0 Å². The molecule has 3 rings (SSSR count). The fourth-order valence-electron chi connectivity index (χ4n) is 4.68. The van der Waals surface area contributed by atoms with Gasteiger partial charge in [0.1, 0.15) is 11.5 Å². The Morgan fingerprint density at radius 3 is 2.24 bits per heavy atom. The molecule has 0 spiro atoms. The Labute approximate surface area is 226 Å². The highest BCUT2D eigenvalue weighted by atomic mass is 32.2. The van der Waals surface area contributed by atoms with E-state index in [4.69, 9.17) is 4.74 Å². The second-order valence-electron chi connectivity index (χ2n) is 10.2. The summed E-state index contributed by atoms with van der Waals surface area (Å²) in [5, 5.41) is 0. The van der Waals surface area contributed by atoms with Crippen LogP contribution in [0.3, 0.4) is 0 Å². The third-order valence-electron chi connectivity index (χ3n) is 6.52. The summed E-state index contributed by atoms with van der Waals surface area (Å²) in [6.07, 6.45) is 0.792. The summed E-state index contributed by atoms with van der Waals surface area (Å²) in [4.78, 5) is 33.9. The first-order valence-corrected chi connectivity index (χ1v) is 14.0. The van der Waals surface area contributed by atoms with Crippen LogP contribution in [-0.4, -0.2) is 88.3 Å². The van der Waals surface area contributed by atoms with E-state index in [1.807, 2.05) is 26.2 Å². The first kappa shape index (κ1) is 29.5. The molecule has 0 aromatic heterocycles. The number of fused-ring (bicyclic) bond motifs is 1. The Morgan fingerprint density at radius 1 is 0.974 bits per heavy atom. The predicted octanol–water partition coefficient (Wildman–Crippen LogP) is 3.13. The van der Waals surface area contributed by atoms with Gasteiger partial charge >= 0.3 is 0 Å². The summed E-state index contributed by atoms with van der Waals surface area (Å²) in [5.41, 5.74) is 5.35. The molecule has 1 aliphatic rings. The second-order valence-corrected chi connectivity index (χ2v) is 12.2. The van der Waals surface area contributed by atoms with Crippen LogP contribution < -0.4 is 4.74 Å². The van der Waals surface area contributed by atoms with Gasteiger partial charge in [-0.15, -0.1) is 0 Å². The van der Waals surface area contributed by atoms with Crippen LogP contribution in [0.2, 0.25) is 0 Å². The van der Waals surface area contributed by atoms with Crippen molar-refractivity contribution in [1.82, 2.24) is 14.1 Å². The number of hydrogen-bond acceptors (Lipinski definition) is 7. The largest absolute Gasteiger partial charge is 0.497 e. The highest BCUT2D eigenvalue weighted by Crippen LogP contribution is 2.29. The zero-order valence-corrected chi connectivity index (χ0v) is 24.2. The van der Waals surface area contributed by atoms with Crippen molar-refractivity contribution in [3.8, 4) is 5.75 Å². The number of ether oxygens (including phenoxy) is 1. The van der Waals surface area contributed by atoms with Gasteiger partial charge in [0.05, 0.1) is 24.2 Å². The minimum Gasteiger partial charge on any atom is -0.497 e. The van der Waals surface area contributed by atoms with Crippen LogP contribution >= 0.6 is 0 Å². The summed E-state index contributed by atoms with van der Waals surface area (Å²) >= 11 is 0. The predicted molar refractivity (Wildman–Crippen MR) is 149 cm³/mol. The number of rotatable bonds is 12. The molecule has 0 saturated carbocycles. The van der Waals surface area contributed by atoms with Crippen molar-refractivity contribution in [2.45, 2.75) is 44.6 Å². The first-order chi connectivity index (χ1) is 17.8. The van der Waals surface area contributed by atoms with Gasteiger partial charge in [0.2, 0.25) is 15.9 Å². The molecule has 0 saturated heterocycles. The lowest BCUT2D eigenvalue weighted by atomic mass is 10.1. The molecule has 0 fully saturated rings. The number of hydrogen-bond donors (Lipinski definition) is 0. The molecule has 0 radical (unpaired) electrons. The van der Waals surface area contributed by atoms with Gasteiger partial charge in [-0.25, -0.2) is 8.42 Å². The van der Waals surface area contributed by atoms with E-state index in [0.29, 0.717) is 23.4 Å². The monoisotopic (exact) mass is 542 g/mol. The minimum atomic E-state index is -3.88. The zero-order chi connectivity index (χ0) is 28.2. The van der Waals surface area contributed by atoms with Crippen LogP contribution in [0.25, 0.3) is 0 Å². The molecule has 2 aromatic rings. The number of carbonyl (C=O) groups excluding carboxylic acids is 2. The van der Waals surface area contributed by atoms with Crippen LogP contribution in [0, 0.1) is 13.8 Å². The Balaban J connectivity index is 1.53. The molecule has 0 aliphatic carbocycles. The zero-order valence-electron chi connectivity index (χ0n) is 23.4. The summed E-state index contributed by atoms with van der Waals surface area (Å²) in [7, 11) is 4.76. The maximum atomic E-state index is 13.2. The number of aliphatic imine (C=N–C) groups is 1. The highest BCUT2D eigenvalue weighted by Gasteiger charge is 2.27. The van der Waals surface area contributed by atoms with Gasteiger partial charge in [0.25, 0.3) is 0 Å². The molecule has 0 atom stereocenters. The minimum absolute atomic E-state index is 0.0187. The average Bonchev–Trinajstić information content (AvgIpc) is 3.22. The van der Waals surface area contributed by atoms with Crippen molar-refractivity contribution in [2.24, 2.45) is 4.99 Å². The first-order valence-electron chi connectivity index (χ1n) is 12.5. The lowest BCUT2D eigenvalue weighted by molar-refractivity contribution is -0.132. The van der Waals surface area contributed by atoms with E-state index in [0.717, 1.165) is 39.8 Å². The van der Waals surface area contributed by atoms with Gasteiger partial charge < -0.3 is 14.5 Å². The number of Topliss-reactive ketones (excluding diaryl/α,β-unsaturated/α-hetero) is 1. The van der Waals surface area contributed by atoms with Crippen molar-refractivity contribution in [2.75, 3.05) is 48.4 Å². The number of carbonyl (C=O) groups is 2. The van der Waals surface area contributed by atoms with E-state index in [9.17, 15) is 18.0 Å². The number of likely N-dealkylation sites (N-methyl/N-ethyl adjacent to an activating group) is 1. The lowest BCUT2D eigenvalue weighted by Crippen LogP contribution is -2.34. The van der Waals surface area contributed by atoms with E-state index in [1.165, 1.54) is 14.2 Å². The lowest BCUT2D eigenvalue weighted by Gasteiger charge is -2.21. The third kappa shape index (κ3) is 7.06. The Morgan fingerprint density at radius 2 is 1.63 bits per heavy atom. The molecule has 206 valence electrons. The Hall–Kier alpha value is -3.08. The molecule has 10 heteroatoms. The number of sulfonamides is 1. The van der Waals surface area contributed by atoms with Gasteiger partial charge in [-0.3, -0.25) is 14.6 Å². The molecular formula is C28H38N4O5S. The van der Waals surface area contributed by atoms with E-state index in [2.05, 4.69) is 16.0 Å². The summed E-state index contributed by atoms with van der Waals surface area (Å²) in [6, 6.07) is 9.34. The number of aryl methyl sites for hydroxylation is 2. The van der Waals surface area contributed by atoms with Crippen molar-refractivity contribution in [1.29, 1.82) is 0 Å². The maximum Gasteiger partial charge on any atom is 0.243 e. The van der Waals surface area contributed by atoms with Gasteiger partial charge in [0.15, 0.2) is 0 Å². The van der Waals surface area contributed by atoms with Crippen LogP contribution in [0.5, 0.6) is 5.75 Å². The number of benzene rings is 2. The van der Waals surface area contributed by atoms with Crippen molar-refractivity contribution in [3.63, 3.8) is 0 Å². The highest BCUT2D eigenvalue weighted by molar-refractivity contribution is 7.89. The Kier molecular flexibility index (Phi) is 9.45. The normalized spacial score (nSPS) is 13.0. The molecule has 2 aromatic carbocycles. The third-order valence-corrected chi connectivity index (χ3v) is 8.63. The van der Waals surface area contributed by atoms with E-state index in [1.54, 1.807) is 37.9 Å². The number of nitrogens with zero attached hydrogens (tertiary/aromatic N) is 4. The molecule has 0 bridgehead atoms. The fraction of sp³-hybridized carbons (Fsp3) is 0.464. The van der Waals surface area contributed by atoms with E-state index in [-0.39, 0.29) is 36.0 Å².